The van der Waals surface area contributed by atoms with Gasteiger partial charge in [-0.3, -0.25) is 4.79 Å². The summed E-state index contributed by atoms with van der Waals surface area (Å²) >= 11 is 0. The Morgan fingerprint density at radius 2 is 2.19 bits per heavy atom. The molecule has 4 nitrogen and oxygen atoms in total. The van der Waals surface area contributed by atoms with Crippen LogP contribution in [0.25, 0.3) is 0 Å². The van der Waals surface area contributed by atoms with E-state index in [9.17, 15) is 9.18 Å². The van der Waals surface area contributed by atoms with Crippen molar-refractivity contribution in [2.75, 3.05) is 19.7 Å². The van der Waals surface area contributed by atoms with Crippen molar-refractivity contribution in [2.24, 2.45) is 5.92 Å². The Balaban J connectivity index is 1.50. The monoisotopic (exact) mass is 293 g/mol. The van der Waals surface area contributed by atoms with E-state index in [0.717, 1.165) is 25.9 Å². The number of benzene rings is 1. The van der Waals surface area contributed by atoms with Gasteiger partial charge in [0.1, 0.15) is 11.6 Å². The summed E-state index contributed by atoms with van der Waals surface area (Å²) in [6, 6.07) is 5.70. The van der Waals surface area contributed by atoms with E-state index in [2.05, 4.69) is 6.92 Å². The van der Waals surface area contributed by atoms with Gasteiger partial charge in [0.25, 0.3) is 5.91 Å². The van der Waals surface area contributed by atoms with Crippen molar-refractivity contribution in [1.82, 2.24) is 4.90 Å². The molecule has 0 radical (unpaired) electrons. The fourth-order valence-corrected chi connectivity index (χ4v) is 3.19. The van der Waals surface area contributed by atoms with Crippen LogP contribution in [0.2, 0.25) is 0 Å². The van der Waals surface area contributed by atoms with Gasteiger partial charge in [0, 0.05) is 19.0 Å². The Morgan fingerprint density at radius 1 is 1.43 bits per heavy atom. The van der Waals surface area contributed by atoms with E-state index in [1.807, 2.05) is 4.90 Å². The number of hydrogen-bond donors (Lipinski definition) is 0. The summed E-state index contributed by atoms with van der Waals surface area (Å²) in [7, 11) is 0. The van der Waals surface area contributed by atoms with Crippen LogP contribution in [-0.4, -0.2) is 42.7 Å². The molecule has 0 aromatic heterocycles. The Bertz CT molecular complexity index is 505. The van der Waals surface area contributed by atoms with E-state index in [4.69, 9.17) is 9.47 Å². The van der Waals surface area contributed by atoms with Gasteiger partial charge in [0.15, 0.2) is 6.61 Å². The number of ether oxygens (including phenoxy) is 2. The molecule has 1 aromatic carbocycles. The van der Waals surface area contributed by atoms with Crippen LogP contribution in [0.5, 0.6) is 5.75 Å². The van der Waals surface area contributed by atoms with Crippen LogP contribution < -0.4 is 4.74 Å². The van der Waals surface area contributed by atoms with Crippen molar-refractivity contribution < 1.29 is 18.7 Å². The molecule has 0 saturated carbocycles. The normalized spacial score (nSPS) is 28.3. The minimum absolute atomic E-state index is 0.000566. The summed E-state index contributed by atoms with van der Waals surface area (Å²) < 4.78 is 24.0. The van der Waals surface area contributed by atoms with Crippen LogP contribution in [0, 0.1) is 11.7 Å². The Kier molecular flexibility index (Phi) is 4.10. The molecule has 0 spiro atoms. The maximum absolute atomic E-state index is 12.8. The topological polar surface area (TPSA) is 38.8 Å². The van der Waals surface area contributed by atoms with Crippen molar-refractivity contribution >= 4 is 5.91 Å². The number of halogens is 1. The van der Waals surface area contributed by atoms with Crippen molar-refractivity contribution in [3.05, 3.63) is 30.1 Å². The van der Waals surface area contributed by atoms with Crippen LogP contribution >= 0.6 is 0 Å². The Labute approximate surface area is 123 Å². The lowest BCUT2D eigenvalue weighted by atomic mass is 9.93. The van der Waals surface area contributed by atoms with E-state index in [-0.39, 0.29) is 18.3 Å². The molecule has 1 aromatic rings. The lowest BCUT2D eigenvalue weighted by Gasteiger charge is -2.34. The molecule has 2 fully saturated rings. The van der Waals surface area contributed by atoms with Crippen LogP contribution in [0.3, 0.4) is 0 Å². The Hall–Kier alpha value is -1.62. The number of fused-ring (bicyclic) bond motifs is 1. The highest BCUT2D eigenvalue weighted by Gasteiger charge is 2.38. The standard InChI is InChI=1S/C16H20FNO3/c1-11-8-12-9-18(7-6-15(12)21-11)16(19)10-20-14-4-2-13(17)3-5-14/h2-5,11-12,15H,6-10H2,1H3/t11-,12-,15+/m1/s1. The van der Waals surface area contributed by atoms with Crippen molar-refractivity contribution in [1.29, 1.82) is 0 Å². The fraction of sp³-hybridized carbons (Fsp3) is 0.562. The van der Waals surface area contributed by atoms with Gasteiger partial charge in [-0.25, -0.2) is 4.39 Å². The molecule has 3 rings (SSSR count). The van der Waals surface area contributed by atoms with Gasteiger partial charge in [-0.05, 0) is 44.0 Å². The highest BCUT2D eigenvalue weighted by Crippen LogP contribution is 2.32. The molecule has 2 aliphatic rings. The van der Waals surface area contributed by atoms with Gasteiger partial charge in [-0.2, -0.15) is 0 Å². The first-order chi connectivity index (χ1) is 10.1. The van der Waals surface area contributed by atoms with E-state index in [1.54, 1.807) is 0 Å². The largest absolute Gasteiger partial charge is 0.484 e. The molecule has 0 unspecified atom stereocenters. The summed E-state index contributed by atoms with van der Waals surface area (Å²) in [6.45, 7) is 3.56. The fourth-order valence-electron chi connectivity index (χ4n) is 3.19. The SMILES string of the molecule is C[C@@H]1C[C@@H]2CN(C(=O)COc3ccc(F)cc3)CC[C@@H]2O1. The molecule has 2 heterocycles. The van der Waals surface area contributed by atoms with Crippen LogP contribution in [0.4, 0.5) is 4.39 Å². The van der Waals surface area contributed by atoms with Gasteiger partial charge >= 0.3 is 0 Å². The minimum Gasteiger partial charge on any atom is -0.484 e. The number of hydrogen-bond acceptors (Lipinski definition) is 3. The second kappa shape index (κ2) is 6.02. The summed E-state index contributed by atoms with van der Waals surface area (Å²) in [4.78, 5) is 14.0. The molecule has 21 heavy (non-hydrogen) atoms. The first kappa shape index (κ1) is 14.3. The lowest BCUT2D eigenvalue weighted by Crippen LogP contribution is -2.46. The van der Waals surface area contributed by atoms with Gasteiger partial charge in [0.2, 0.25) is 0 Å². The Morgan fingerprint density at radius 3 is 2.95 bits per heavy atom. The molecule has 5 heteroatoms. The minimum atomic E-state index is -0.314. The summed E-state index contributed by atoms with van der Waals surface area (Å²) in [6.07, 6.45) is 2.53. The third kappa shape index (κ3) is 3.35. The smallest absolute Gasteiger partial charge is 0.260 e. The van der Waals surface area contributed by atoms with Crippen molar-refractivity contribution in [3.63, 3.8) is 0 Å². The van der Waals surface area contributed by atoms with E-state index in [0.29, 0.717) is 23.9 Å². The first-order valence-electron chi connectivity index (χ1n) is 7.43. The van der Waals surface area contributed by atoms with Gasteiger partial charge in [-0.15, -0.1) is 0 Å². The second-order valence-corrected chi connectivity index (χ2v) is 5.85. The number of likely N-dealkylation sites (tertiary alicyclic amines) is 1. The van der Waals surface area contributed by atoms with Gasteiger partial charge in [-0.1, -0.05) is 0 Å². The highest BCUT2D eigenvalue weighted by atomic mass is 19.1. The van der Waals surface area contributed by atoms with Crippen molar-refractivity contribution in [3.8, 4) is 5.75 Å². The van der Waals surface area contributed by atoms with Gasteiger partial charge < -0.3 is 14.4 Å². The maximum atomic E-state index is 12.8. The van der Waals surface area contributed by atoms with Gasteiger partial charge in [0.05, 0.1) is 12.2 Å². The molecule has 3 atom stereocenters. The molecule has 0 N–H and O–H groups in total. The number of nitrogens with zero attached hydrogens (tertiary/aromatic N) is 1. The molecular formula is C16H20FNO3. The van der Waals surface area contributed by atoms with Crippen LogP contribution in [-0.2, 0) is 9.53 Å². The number of carbonyl (C=O) groups is 1. The molecule has 1 amide bonds. The first-order valence-corrected chi connectivity index (χ1v) is 7.43. The molecule has 2 aliphatic heterocycles. The second-order valence-electron chi connectivity index (χ2n) is 5.85. The molecule has 114 valence electrons. The predicted molar refractivity (Wildman–Crippen MR) is 75.5 cm³/mol. The highest BCUT2D eigenvalue weighted by molar-refractivity contribution is 5.77. The predicted octanol–water partition coefficient (Wildman–Crippen LogP) is 2.23. The zero-order valence-electron chi connectivity index (χ0n) is 12.1. The number of rotatable bonds is 3. The summed E-state index contributed by atoms with van der Waals surface area (Å²) in [5.41, 5.74) is 0. The molecule has 0 aliphatic carbocycles. The third-order valence-corrected chi connectivity index (χ3v) is 4.23. The third-order valence-electron chi connectivity index (χ3n) is 4.23. The zero-order chi connectivity index (χ0) is 14.8. The quantitative estimate of drug-likeness (QED) is 0.858. The molecule has 2 saturated heterocycles. The zero-order valence-corrected chi connectivity index (χ0v) is 12.1. The number of amides is 1. The molecular weight excluding hydrogens is 273 g/mol. The van der Waals surface area contributed by atoms with E-state index < -0.39 is 0 Å². The lowest BCUT2D eigenvalue weighted by molar-refractivity contribution is -0.136. The maximum Gasteiger partial charge on any atom is 0.260 e. The van der Waals surface area contributed by atoms with Crippen molar-refractivity contribution in [2.45, 2.75) is 32.0 Å². The van der Waals surface area contributed by atoms with Crippen LogP contribution in [0.15, 0.2) is 24.3 Å². The van der Waals surface area contributed by atoms with Crippen LogP contribution in [0.1, 0.15) is 19.8 Å². The van der Waals surface area contributed by atoms with E-state index >= 15 is 0 Å². The summed E-state index contributed by atoms with van der Waals surface area (Å²) in [5.74, 6) is 0.629. The number of carbonyl (C=O) groups excluding carboxylic acids is 1. The average molecular weight is 293 g/mol. The van der Waals surface area contributed by atoms with E-state index in [1.165, 1.54) is 24.3 Å². The molecule has 0 bridgehead atoms. The number of piperidine rings is 1. The average Bonchev–Trinajstić information content (AvgIpc) is 2.85. The summed E-state index contributed by atoms with van der Waals surface area (Å²) in [5, 5.41) is 0.